The molecule has 394 valence electrons. The Kier molecular flexibility index (Phi) is 18.6. The average molecular weight is 1000 g/mol. The zero-order valence-electron chi connectivity index (χ0n) is 45.2. The molecule has 2 heterocycles. The Balaban J connectivity index is 1.39. The molecule has 4 aromatic rings. The third kappa shape index (κ3) is 12.2. The number of rotatable bonds is 27. The number of fused-ring (bicyclic) bond motifs is 3. The lowest BCUT2D eigenvalue weighted by Crippen LogP contribution is -2.41. The van der Waals surface area contributed by atoms with Crippen LogP contribution in [-0.2, 0) is 54.5 Å². The van der Waals surface area contributed by atoms with Crippen LogP contribution in [0, 0.1) is 10.8 Å². The van der Waals surface area contributed by atoms with Crippen LogP contribution in [0.2, 0.25) is 12.6 Å². The molecule has 0 aromatic heterocycles. The lowest BCUT2D eigenvalue weighted by Gasteiger charge is -2.35. The van der Waals surface area contributed by atoms with Crippen LogP contribution >= 0.6 is 0 Å². The van der Waals surface area contributed by atoms with E-state index in [0.29, 0.717) is 70.9 Å². The van der Waals surface area contributed by atoms with Crippen LogP contribution in [0.25, 0.3) is 11.1 Å². The fourth-order valence-electron chi connectivity index (χ4n) is 10.5. The molecule has 73 heavy (non-hydrogen) atoms. The molecule has 7 rings (SSSR count). The molecule has 4 aromatic carbocycles. The molecular formula is C58H78B2O13. The summed E-state index contributed by atoms with van der Waals surface area (Å²) in [6.07, 6.45) is 2.06. The van der Waals surface area contributed by atoms with Crippen molar-refractivity contribution in [3.8, 4) is 16.9 Å². The van der Waals surface area contributed by atoms with Gasteiger partial charge in [-0.15, -0.1) is 0 Å². The fourth-order valence-corrected chi connectivity index (χ4v) is 10.5. The Morgan fingerprint density at radius 2 is 1.11 bits per heavy atom. The predicted octanol–water partition coefficient (Wildman–Crippen LogP) is 8.10. The van der Waals surface area contributed by atoms with E-state index in [4.69, 9.17) is 52.3 Å². The number of aliphatic hydroxyl groups excluding tert-OH is 1. The van der Waals surface area contributed by atoms with Gasteiger partial charge in [-0.25, -0.2) is 4.79 Å². The highest BCUT2D eigenvalue weighted by molar-refractivity contribution is 6.74. The minimum Gasteiger partial charge on any atom is -0.490 e. The van der Waals surface area contributed by atoms with Gasteiger partial charge in [-0.3, -0.25) is 4.79 Å². The largest absolute Gasteiger partial charge is 0.494 e. The van der Waals surface area contributed by atoms with Crippen molar-refractivity contribution in [3.63, 3.8) is 0 Å². The first-order valence-corrected chi connectivity index (χ1v) is 26.0. The number of ether oxygens (including phenoxy) is 8. The van der Waals surface area contributed by atoms with Gasteiger partial charge < -0.3 is 52.3 Å². The van der Waals surface area contributed by atoms with Crippen LogP contribution in [0.3, 0.4) is 0 Å². The summed E-state index contributed by atoms with van der Waals surface area (Å²) < 4.78 is 59.1. The number of carbonyl (C=O) groups excluding carboxylic acids is 2. The molecule has 13 nitrogen and oxygen atoms in total. The van der Waals surface area contributed by atoms with Gasteiger partial charge in [0, 0.05) is 12.7 Å². The van der Waals surface area contributed by atoms with Gasteiger partial charge in [0.05, 0.1) is 103 Å². The van der Waals surface area contributed by atoms with E-state index in [-0.39, 0.29) is 61.8 Å². The topological polar surface area (TPSA) is 147 Å². The van der Waals surface area contributed by atoms with E-state index in [9.17, 15) is 9.59 Å². The van der Waals surface area contributed by atoms with Crippen LogP contribution in [0.4, 0.5) is 0 Å². The van der Waals surface area contributed by atoms with Crippen molar-refractivity contribution in [1.82, 2.24) is 0 Å². The number of hydrogen-bond acceptors (Lipinski definition) is 13. The summed E-state index contributed by atoms with van der Waals surface area (Å²) in [6.45, 7) is 25.6. The highest BCUT2D eigenvalue weighted by Gasteiger charge is 2.54. The number of aliphatic hydroxyl groups is 1. The van der Waals surface area contributed by atoms with E-state index in [1.165, 1.54) is 5.46 Å². The number of esters is 1. The Bertz CT molecular complexity index is 2420. The standard InChI is InChI=1S/C58H78B2O13/c1-12-70-53(63)49-34-43(15-20-52(49)71-32-31-68-28-27-66-24-23-64-11)58(42-14-13-41(48(33-42)40(2)62)37-69-30-29-67-26-25-65-22-21-61)50-35-44(59-38-54(3,4)55(5,6)39-59)16-18-46(50)47-19-17-45(36-51(47)58)60-72-56(7,8)57(9,10)73-60/h13-20,33-36,61H,12,21-32,37-39H2,1-11H3. The molecule has 1 aliphatic carbocycles. The molecule has 0 amide bonds. The summed E-state index contributed by atoms with van der Waals surface area (Å²) >= 11 is 0. The highest BCUT2D eigenvalue weighted by atomic mass is 16.7. The summed E-state index contributed by atoms with van der Waals surface area (Å²) in [5, 5.41) is 8.99. The second-order valence-electron chi connectivity index (χ2n) is 21.7. The van der Waals surface area contributed by atoms with Crippen molar-refractivity contribution in [2.75, 3.05) is 93.0 Å². The van der Waals surface area contributed by atoms with Gasteiger partial charge >= 0.3 is 13.1 Å². The van der Waals surface area contributed by atoms with Gasteiger partial charge in [0.1, 0.15) is 17.9 Å². The van der Waals surface area contributed by atoms with E-state index >= 15 is 0 Å². The van der Waals surface area contributed by atoms with E-state index in [1.807, 2.05) is 30.3 Å². The third-order valence-electron chi connectivity index (χ3n) is 15.9. The number of Topliss-reactive ketones (excluding diaryl/α,β-unsaturated/α-hetero) is 1. The van der Waals surface area contributed by atoms with Crippen LogP contribution in [0.5, 0.6) is 5.75 Å². The Morgan fingerprint density at radius 1 is 0.603 bits per heavy atom. The lowest BCUT2D eigenvalue weighted by molar-refractivity contribution is 0.00443. The number of carbonyl (C=O) groups is 2. The van der Waals surface area contributed by atoms with Crippen molar-refractivity contribution in [3.05, 3.63) is 112 Å². The number of ketones is 1. The van der Waals surface area contributed by atoms with Crippen molar-refractivity contribution in [1.29, 1.82) is 0 Å². The van der Waals surface area contributed by atoms with Crippen molar-refractivity contribution < 1.29 is 61.9 Å². The third-order valence-corrected chi connectivity index (χ3v) is 15.9. The predicted molar refractivity (Wildman–Crippen MR) is 285 cm³/mol. The number of benzene rings is 4. The molecule has 2 fully saturated rings. The smallest absolute Gasteiger partial charge is 0.490 e. The average Bonchev–Trinajstić information content (AvgIpc) is 3.86. The second-order valence-corrected chi connectivity index (χ2v) is 21.7. The Hall–Kier alpha value is -4.41. The normalized spacial score (nSPS) is 19.0. The monoisotopic (exact) mass is 1000 g/mol. The van der Waals surface area contributed by atoms with Crippen molar-refractivity contribution in [2.45, 2.75) is 105 Å². The first-order valence-electron chi connectivity index (χ1n) is 26.0. The molecule has 2 saturated heterocycles. The molecule has 1 N–H and O–H groups in total. The van der Waals surface area contributed by atoms with Gasteiger partial charge in [0.2, 0.25) is 0 Å². The molecule has 0 spiro atoms. The highest BCUT2D eigenvalue weighted by Crippen LogP contribution is 2.58. The van der Waals surface area contributed by atoms with Crippen LogP contribution in [-0.4, -0.2) is 135 Å². The van der Waals surface area contributed by atoms with E-state index in [0.717, 1.165) is 57.0 Å². The summed E-state index contributed by atoms with van der Waals surface area (Å²) in [5.74, 6) is -0.264. The first-order chi connectivity index (χ1) is 34.8. The molecule has 0 bridgehead atoms. The maximum Gasteiger partial charge on any atom is 0.494 e. The molecule has 2 aliphatic heterocycles. The molecule has 0 radical (unpaired) electrons. The second kappa shape index (κ2) is 24.1. The van der Waals surface area contributed by atoms with Crippen LogP contribution in [0.1, 0.15) is 118 Å². The fraction of sp³-hybridized carbons (Fsp3) is 0.552. The number of hydrogen-bond donors (Lipinski definition) is 1. The maximum absolute atomic E-state index is 14.3. The molecular weight excluding hydrogens is 926 g/mol. The van der Waals surface area contributed by atoms with Crippen molar-refractivity contribution >= 4 is 36.5 Å². The molecule has 1 atom stereocenters. The van der Waals surface area contributed by atoms with Gasteiger partial charge in [-0.2, -0.15) is 0 Å². The summed E-state index contributed by atoms with van der Waals surface area (Å²) in [5.41, 5.74) is 7.29. The summed E-state index contributed by atoms with van der Waals surface area (Å²) in [6, 6.07) is 25.3. The Labute approximate surface area is 434 Å². The zero-order chi connectivity index (χ0) is 52.6. The molecule has 0 saturated carbocycles. The van der Waals surface area contributed by atoms with Crippen molar-refractivity contribution in [2.24, 2.45) is 10.8 Å². The minimum absolute atomic E-state index is 0.0402. The Morgan fingerprint density at radius 3 is 1.67 bits per heavy atom. The minimum atomic E-state index is -1.09. The van der Waals surface area contributed by atoms with Gasteiger partial charge in [0.25, 0.3) is 0 Å². The molecule has 15 heteroatoms. The lowest BCUT2D eigenvalue weighted by atomic mass is 9.42. The quantitative estimate of drug-likeness (QED) is 0.0234. The van der Waals surface area contributed by atoms with Crippen LogP contribution < -0.4 is 15.7 Å². The summed E-state index contributed by atoms with van der Waals surface area (Å²) in [4.78, 5) is 28.2. The maximum atomic E-state index is 14.3. The first kappa shape index (κ1) is 56.3. The van der Waals surface area contributed by atoms with E-state index in [2.05, 4.69) is 97.9 Å². The van der Waals surface area contributed by atoms with Gasteiger partial charge in [0.15, 0.2) is 12.5 Å². The van der Waals surface area contributed by atoms with Crippen LogP contribution in [0.15, 0.2) is 72.8 Å². The molecule has 1 unspecified atom stereocenters. The van der Waals surface area contributed by atoms with Gasteiger partial charge in [-0.1, -0.05) is 100 Å². The van der Waals surface area contributed by atoms with Gasteiger partial charge in [-0.05, 0) is 115 Å². The molecule has 3 aliphatic rings. The van der Waals surface area contributed by atoms with E-state index < -0.39 is 29.7 Å². The SMILES string of the molecule is CCOC(=O)c1cc(C2(c3ccc(COCCOCCOCCO)c(C(C)=O)c3)c3cc(B4CC(C)(C)C(C)(C)C4)ccc3-c3ccc(B4OC(C)(C)C(C)(C)O4)cc32)ccc1OCCOCCOCCOC. The number of methoxy groups -OCH3 is 1. The zero-order valence-corrected chi connectivity index (χ0v) is 45.2. The van der Waals surface area contributed by atoms with E-state index in [1.54, 1.807) is 21.0 Å². The summed E-state index contributed by atoms with van der Waals surface area (Å²) in [7, 11) is 0.970.